The number of ether oxygens (including phenoxy) is 1. The van der Waals surface area contributed by atoms with Gasteiger partial charge in [-0.25, -0.2) is 13.6 Å². The maximum atomic E-state index is 12.2. The molecule has 7 nitrogen and oxygen atoms in total. The number of primary sulfonamides is 1. The number of carbonyl (C=O) groups is 2. The number of benzene rings is 2. The number of amides is 1. The first-order chi connectivity index (χ1) is 13.2. The van der Waals surface area contributed by atoms with Crippen LogP contribution in [-0.2, 0) is 14.8 Å². The van der Waals surface area contributed by atoms with Gasteiger partial charge in [-0.3, -0.25) is 9.59 Å². The molecule has 3 N–H and O–H groups in total. The summed E-state index contributed by atoms with van der Waals surface area (Å²) in [4.78, 5) is 24.3. The van der Waals surface area contributed by atoms with E-state index in [1.54, 1.807) is 43.3 Å². The first kappa shape index (κ1) is 21.6. The molecule has 0 fully saturated rings. The zero-order valence-corrected chi connectivity index (χ0v) is 16.7. The van der Waals surface area contributed by atoms with E-state index in [-0.39, 0.29) is 29.4 Å². The second kappa shape index (κ2) is 9.48. The van der Waals surface area contributed by atoms with Gasteiger partial charge in [-0.2, -0.15) is 0 Å². The van der Waals surface area contributed by atoms with Gasteiger partial charge in [0.2, 0.25) is 15.9 Å². The van der Waals surface area contributed by atoms with E-state index < -0.39 is 10.0 Å². The van der Waals surface area contributed by atoms with Crippen molar-refractivity contribution in [1.82, 2.24) is 0 Å². The minimum Gasteiger partial charge on any atom is -0.494 e. The topological polar surface area (TPSA) is 116 Å². The third kappa shape index (κ3) is 6.17. The Labute approximate surface area is 164 Å². The van der Waals surface area contributed by atoms with Crippen molar-refractivity contribution in [3.63, 3.8) is 0 Å². The zero-order chi connectivity index (χ0) is 20.7. The van der Waals surface area contributed by atoms with Crippen molar-refractivity contribution in [2.24, 2.45) is 5.14 Å². The van der Waals surface area contributed by atoms with Crippen LogP contribution < -0.4 is 15.2 Å². The summed E-state index contributed by atoms with van der Waals surface area (Å²) in [5, 5.41) is 7.75. The van der Waals surface area contributed by atoms with Crippen LogP contribution in [0.5, 0.6) is 5.75 Å². The van der Waals surface area contributed by atoms with Gasteiger partial charge in [-0.1, -0.05) is 13.0 Å². The number of sulfonamides is 1. The number of ketones is 1. The molecule has 0 unspecified atom stereocenters. The van der Waals surface area contributed by atoms with E-state index >= 15 is 0 Å². The van der Waals surface area contributed by atoms with Crippen molar-refractivity contribution in [1.29, 1.82) is 0 Å². The number of nitrogens with one attached hydrogen (secondary N) is 1. The van der Waals surface area contributed by atoms with E-state index in [9.17, 15) is 18.0 Å². The molecule has 0 aliphatic carbocycles. The minimum absolute atomic E-state index is 0.0223. The van der Waals surface area contributed by atoms with Crippen LogP contribution >= 0.6 is 0 Å². The summed E-state index contributed by atoms with van der Waals surface area (Å²) >= 11 is 0. The quantitative estimate of drug-likeness (QED) is 0.623. The van der Waals surface area contributed by atoms with Crippen molar-refractivity contribution >= 4 is 27.4 Å². The predicted octanol–water partition coefficient (Wildman–Crippen LogP) is 3.03. The summed E-state index contributed by atoms with van der Waals surface area (Å²) in [6.07, 6.45) is 0.913. The summed E-state index contributed by atoms with van der Waals surface area (Å²) in [6.45, 7) is 4.23. The molecule has 2 aromatic carbocycles. The van der Waals surface area contributed by atoms with Crippen LogP contribution in [0.1, 0.15) is 42.1 Å². The zero-order valence-electron chi connectivity index (χ0n) is 15.9. The highest BCUT2D eigenvalue weighted by molar-refractivity contribution is 7.89. The van der Waals surface area contributed by atoms with Gasteiger partial charge in [0, 0.05) is 24.1 Å². The highest BCUT2D eigenvalue weighted by Crippen LogP contribution is 2.19. The molecule has 0 aromatic heterocycles. The molecule has 0 saturated heterocycles. The van der Waals surface area contributed by atoms with Gasteiger partial charge >= 0.3 is 0 Å². The Kier molecular flexibility index (Phi) is 7.31. The highest BCUT2D eigenvalue weighted by atomic mass is 32.2. The van der Waals surface area contributed by atoms with E-state index in [1.165, 1.54) is 6.07 Å². The van der Waals surface area contributed by atoms with Crippen molar-refractivity contribution in [2.45, 2.75) is 38.0 Å². The van der Waals surface area contributed by atoms with Crippen molar-refractivity contribution < 1.29 is 22.7 Å². The molecule has 0 radical (unpaired) electrons. The number of aryl methyl sites for hydroxylation is 1. The van der Waals surface area contributed by atoms with Gasteiger partial charge in [0.1, 0.15) is 5.75 Å². The normalized spacial score (nSPS) is 11.1. The second-order valence-electron chi connectivity index (χ2n) is 6.37. The van der Waals surface area contributed by atoms with Gasteiger partial charge in [0.25, 0.3) is 0 Å². The van der Waals surface area contributed by atoms with Crippen molar-refractivity contribution in [3.8, 4) is 5.75 Å². The molecular formula is C20H24N2O5S. The molecule has 2 rings (SSSR count). The van der Waals surface area contributed by atoms with E-state index in [1.807, 2.05) is 6.92 Å². The summed E-state index contributed by atoms with van der Waals surface area (Å²) in [7, 11) is -3.88. The fourth-order valence-corrected chi connectivity index (χ4v) is 3.34. The number of carbonyl (C=O) groups excluding carboxylic acids is 2. The average Bonchev–Trinajstić information content (AvgIpc) is 2.65. The molecule has 0 bridgehead atoms. The molecule has 28 heavy (non-hydrogen) atoms. The van der Waals surface area contributed by atoms with Gasteiger partial charge in [-0.05, 0) is 55.3 Å². The average molecular weight is 404 g/mol. The summed E-state index contributed by atoms with van der Waals surface area (Å²) < 4.78 is 28.6. The molecule has 0 spiro atoms. The lowest BCUT2D eigenvalue weighted by atomic mass is 10.1. The number of Topliss-reactive ketones (excluding diaryl/α,β-unsaturated/α-hetero) is 1. The third-order valence-corrected chi connectivity index (χ3v) is 5.06. The molecule has 1 amide bonds. The Hall–Kier alpha value is -2.71. The largest absolute Gasteiger partial charge is 0.494 e. The first-order valence-corrected chi connectivity index (χ1v) is 10.4. The lowest BCUT2D eigenvalue weighted by Crippen LogP contribution is -2.16. The Morgan fingerprint density at radius 3 is 2.36 bits per heavy atom. The van der Waals surface area contributed by atoms with Crippen LogP contribution in [0.2, 0.25) is 0 Å². The minimum atomic E-state index is -3.88. The van der Waals surface area contributed by atoms with Crippen molar-refractivity contribution in [2.75, 3.05) is 11.9 Å². The fourth-order valence-electron chi connectivity index (χ4n) is 2.54. The van der Waals surface area contributed by atoms with Gasteiger partial charge < -0.3 is 10.1 Å². The number of anilines is 1. The molecule has 150 valence electrons. The van der Waals surface area contributed by atoms with E-state index in [4.69, 9.17) is 9.88 Å². The predicted molar refractivity (Wildman–Crippen MR) is 107 cm³/mol. The SMILES string of the molecule is CCCOc1ccc(C(=O)CCC(=O)Nc2ccc(C)c(S(N)(=O)=O)c2)cc1. The Morgan fingerprint density at radius 1 is 1.07 bits per heavy atom. The van der Waals surface area contributed by atoms with E-state index in [2.05, 4.69) is 5.32 Å². The highest BCUT2D eigenvalue weighted by Gasteiger charge is 2.14. The van der Waals surface area contributed by atoms with Crippen LogP contribution in [0.15, 0.2) is 47.4 Å². The van der Waals surface area contributed by atoms with E-state index in [0.29, 0.717) is 29.2 Å². The van der Waals surface area contributed by atoms with Crippen LogP contribution in [-0.4, -0.2) is 26.7 Å². The summed E-state index contributed by atoms with van der Waals surface area (Å²) in [5.41, 5.74) is 1.30. The fraction of sp³-hybridized carbons (Fsp3) is 0.300. The molecule has 0 saturated carbocycles. The van der Waals surface area contributed by atoms with Crippen LogP contribution in [0.3, 0.4) is 0 Å². The molecule has 0 heterocycles. The lowest BCUT2D eigenvalue weighted by Gasteiger charge is -2.09. The van der Waals surface area contributed by atoms with Crippen molar-refractivity contribution in [3.05, 3.63) is 53.6 Å². The molecule has 0 aliphatic heterocycles. The molecule has 0 atom stereocenters. The lowest BCUT2D eigenvalue weighted by molar-refractivity contribution is -0.116. The molecular weight excluding hydrogens is 380 g/mol. The Balaban J connectivity index is 1.92. The van der Waals surface area contributed by atoms with Crippen LogP contribution in [0.25, 0.3) is 0 Å². The smallest absolute Gasteiger partial charge is 0.238 e. The van der Waals surface area contributed by atoms with Crippen LogP contribution in [0.4, 0.5) is 5.69 Å². The van der Waals surface area contributed by atoms with Gasteiger partial charge in [0.15, 0.2) is 5.78 Å². The number of rotatable bonds is 9. The molecule has 8 heteroatoms. The number of hydrogen-bond donors (Lipinski definition) is 2. The second-order valence-corrected chi connectivity index (χ2v) is 7.90. The summed E-state index contributed by atoms with van der Waals surface area (Å²) in [6, 6.07) is 11.2. The maximum absolute atomic E-state index is 12.2. The van der Waals surface area contributed by atoms with Crippen LogP contribution in [0, 0.1) is 6.92 Å². The van der Waals surface area contributed by atoms with Gasteiger partial charge in [-0.15, -0.1) is 0 Å². The first-order valence-electron chi connectivity index (χ1n) is 8.90. The van der Waals surface area contributed by atoms with E-state index in [0.717, 1.165) is 6.42 Å². The summed E-state index contributed by atoms with van der Waals surface area (Å²) in [5.74, 6) is 0.146. The third-order valence-electron chi connectivity index (χ3n) is 4.01. The standard InChI is InChI=1S/C20H24N2O5S/c1-3-12-27-17-8-5-15(6-9-17)18(23)10-11-20(24)22-16-7-4-14(2)19(13-16)28(21,25)26/h4-9,13H,3,10-12H2,1-2H3,(H,22,24)(H2,21,25,26). The monoisotopic (exact) mass is 404 g/mol. The molecule has 2 aromatic rings. The maximum Gasteiger partial charge on any atom is 0.238 e. The number of nitrogens with two attached hydrogens (primary N) is 1. The Bertz CT molecular complexity index is 953. The van der Waals surface area contributed by atoms with Gasteiger partial charge in [0.05, 0.1) is 11.5 Å². The Morgan fingerprint density at radius 2 is 1.75 bits per heavy atom. The number of hydrogen-bond acceptors (Lipinski definition) is 5. The molecule has 0 aliphatic rings.